The number of aromatic nitrogens is 3. The van der Waals surface area contributed by atoms with Gasteiger partial charge >= 0.3 is 0 Å². The van der Waals surface area contributed by atoms with Crippen molar-refractivity contribution < 1.29 is 0 Å². The Morgan fingerprint density at radius 1 is 1.24 bits per heavy atom. The van der Waals surface area contributed by atoms with Crippen molar-refractivity contribution in [2.24, 2.45) is 0 Å². The van der Waals surface area contributed by atoms with Crippen molar-refractivity contribution in [1.29, 1.82) is 0 Å². The fourth-order valence-corrected chi connectivity index (χ4v) is 2.26. The number of rotatable bonds is 3. The molecule has 3 heteroatoms. The third-order valence-electron chi connectivity index (χ3n) is 3.17. The zero-order valence-electron chi connectivity index (χ0n) is 9.93. The summed E-state index contributed by atoms with van der Waals surface area (Å²) in [6.45, 7) is 2.21. The van der Waals surface area contributed by atoms with Crippen molar-refractivity contribution in [3.8, 4) is 0 Å². The molecule has 3 nitrogen and oxygen atoms in total. The van der Waals surface area contributed by atoms with E-state index in [1.165, 1.54) is 29.3 Å². The van der Waals surface area contributed by atoms with E-state index >= 15 is 0 Å². The molecule has 0 spiro atoms. The molecule has 0 aliphatic carbocycles. The van der Waals surface area contributed by atoms with E-state index in [1.54, 1.807) is 0 Å². The minimum absolute atomic E-state index is 1.06. The number of pyridine rings is 1. The predicted octanol–water partition coefficient (Wildman–Crippen LogP) is 3.23. The number of unbranched alkanes of at least 4 members (excludes halogenated alkanes) is 1. The zero-order valence-corrected chi connectivity index (χ0v) is 9.93. The van der Waals surface area contributed by atoms with E-state index in [1.807, 2.05) is 10.7 Å². The third kappa shape index (κ3) is 1.68. The van der Waals surface area contributed by atoms with Gasteiger partial charge in [0.2, 0.25) is 0 Å². The summed E-state index contributed by atoms with van der Waals surface area (Å²) >= 11 is 0. The van der Waals surface area contributed by atoms with Gasteiger partial charge in [0, 0.05) is 11.1 Å². The molecule has 3 aromatic rings. The molecule has 0 radical (unpaired) electrons. The highest BCUT2D eigenvalue weighted by Gasteiger charge is 2.06. The molecule has 0 bridgehead atoms. The van der Waals surface area contributed by atoms with Gasteiger partial charge in [0.25, 0.3) is 0 Å². The smallest absolute Gasteiger partial charge is 0.0946 e. The van der Waals surface area contributed by atoms with Gasteiger partial charge in [0.1, 0.15) is 0 Å². The molecule has 0 N–H and O–H groups in total. The van der Waals surface area contributed by atoms with Gasteiger partial charge < -0.3 is 0 Å². The highest BCUT2D eigenvalue weighted by Crippen LogP contribution is 2.21. The average Bonchev–Trinajstić information content (AvgIpc) is 2.85. The SMILES string of the molecule is CCCCc1cc2ccccc2c2cnnn12. The van der Waals surface area contributed by atoms with Crippen molar-refractivity contribution in [2.75, 3.05) is 0 Å². The van der Waals surface area contributed by atoms with Crippen molar-refractivity contribution in [2.45, 2.75) is 26.2 Å². The molecule has 2 aromatic heterocycles. The summed E-state index contributed by atoms with van der Waals surface area (Å²) in [6.07, 6.45) is 5.29. The number of hydrogen-bond acceptors (Lipinski definition) is 2. The van der Waals surface area contributed by atoms with Crippen LogP contribution < -0.4 is 0 Å². The molecule has 0 aliphatic rings. The molecule has 0 unspecified atom stereocenters. The van der Waals surface area contributed by atoms with Gasteiger partial charge in [-0.25, -0.2) is 4.52 Å². The summed E-state index contributed by atoms with van der Waals surface area (Å²) < 4.78 is 1.97. The summed E-state index contributed by atoms with van der Waals surface area (Å²) in [7, 11) is 0. The fourth-order valence-electron chi connectivity index (χ4n) is 2.26. The van der Waals surface area contributed by atoms with E-state index in [4.69, 9.17) is 0 Å². The Bertz CT molecular complexity index is 655. The lowest BCUT2D eigenvalue weighted by Gasteiger charge is -2.06. The van der Waals surface area contributed by atoms with Crippen molar-refractivity contribution >= 4 is 16.3 Å². The Morgan fingerprint density at radius 2 is 2.12 bits per heavy atom. The second-order valence-corrected chi connectivity index (χ2v) is 4.36. The minimum atomic E-state index is 1.06. The maximum absolute atomic E-state index is 4.19. The molecule has 0 fully saturated rings. The van der Waals surface area contributed by atoms with Crippen LogP contribution in [0.5, 0.6) is 0 Å². The number of benzene rings is 1. The lowest BCUT2D eigenvalue weighted by molar-refractivity contribution is 0.728. The zero-order chi connectivity index (χ0) is 11.7. The normalized spacial score (nSPS) is 11.4. The maximum Gasteiger partial charge on any atom is 0.0946 e. The first-order valence-electron chi connectivity index (χ1n) is 6.11. The van der Waals surface area contributed by atoms with Crippen LogP contribution in [0.25, 0.3) is 16.3 Å². The van der Waals surface area contributed by atoms with Gasteiger partial charge in [-0.15, -0.1) is 5.10 Å². The monoisotopic (exact) mass is 225 g/mol. The number of fused-ring (bicyclic) bond motifs is 3. The molecule has 0 atom stereocenters. The predicted molar refractivity (Wildman–Crippen MR) is 69.1 cm³/mol. The largest absolute Gasteiger partial charge is 0.217 e. The van der Waals surface area contributed by atoms with Gasteiger partial charge in [-0.05, 0) is 24.3 Å². The van der Waals surface area contributed by atoms with Crippen molar-refractivity contribution in [3.63, 3.8) is 0 Å². The molecule has 0 saturated carbocycles. The number of aryl methyl sites for hydroxylation is 1. The molecule has 1 aromatic carbocycles. The summed E-state index contributed by atoms with van der Waals surface area (Å²) in [4.78, 5) is 0. The first-order valence-corrected chi connectivity index (χ1v) is 6.11. The average molecular weight is 225 g/mol. The molecule has 0 saturated heterocycles. The molecular weight excluding hydrogens is 210 g/mol. The molecular formula is C14H15N3. The fraction of sp³-hybridized carbons (Fsp3) is 0.286. The van der Waals surface area contributed by atoms with Gasteiger partial charge in [-0.2, -0.15) is 0 Å². The molecule has 17 heavy (non-hydrogen) atoms. The van der Waals surface area contributed by atoms with Crippen LogP contribution in [-0.4, -0.2) is 14.8 Å². The summed E-state index contributed by atoms with van der Waals surface area (Å²) in [5, 5.41) is 10.7. The molecule has 3 rings (SSSR count). The van der Waals surface area contributed by atoms with Gasteiger partial charge in [0.15, 0.2) is 0 Å². The number of nitrogens with zero attached hydrogens (tertiary/aromatic N) is 3. The summed E-state index contributed by atoms with van der Waals surface area (Å²) in [5.74, 6) is 0. The Kier molecular flexibility index (Phi) is 2.52. The first kappa shape index (κ1) is 10.3. The van der Waals surface area contributed by atoms with E-state index in [0.717, 1.165) is 11.9 Å². The Morgan fingerprint density at radius 3 is 3.00 bits per heavy atom. The third-order valence-corrected chi connectivity index (χ3v) is 3.17. The van der Waals surface area contributed by atoms with Crippen LogP contribution in [0.1, 0.15) is 25.5 Å². The molecule has 0 aliphatic heterocycles. The maximum atomic E-state index is 4.19. The molecule has 0 amide bonds. The summed E-state index contributed by atoms with van der Waals surface area (Å²) in [5.41, 5.74) is 2.35. The van der Waals surface area contributed by atoms with Crippen LogP contribution in [0.15, 0.2) is 36.5 Å². The lowest BCUT2D eigenvalue weighted by atomic mass is 10.1. The Balaban J connectivity index is 2.28. The van der Waals surface area contributed by atoms with Crippen LogP contribution in [0.3, 0.4) is 0 Å². The van der Waals surface area contributed by atoms with Crippen LogP contribution in [0, 0.1) is 0 Å². The van der Waals surface area contributed by atoms with E-state index < -0.39 is 0 Å². The highest BCUT2D eigenvalue weighted by atomic mass is 15.4. The van der Waals surface area contributed by atoms with Gasteiger partial charge in [0.05, 0.1) is 11.7 Å². The quantitative estimate of drug-likeness (QED) is 0.685. The van der Waals surface area contributed by atoms with E-state index in [9.17, 15) is 0 Å². The molecule has 2 heterocycles. The van der Waals surface area contributed by atoms with Crippen LogP contribution >= 0.6 is 0 Å². The second-order valence-electron chi connectivity index (χ2n) is 4.36. The van der Waals surface area contributed by atoms with Crippen LogP contribution in [0.4, 0.5) is 0 Å². The minimum Gasteiger partial charge on any atom is -0.217 e. The topological polar surface area (TPSA) is 30.2 Å². The van der Waals surface area contributed by atoms with Gasteiger partial charge in [-0.3, -0.25) is 0 Å². The Hall–Kier alpha value is -1.90. The van der Waals surface area contributed by atoms with E-state index in [0.29, 0.717) is 0 Å². The van der Waals surface area contributed by atoms with Crippen molar-refractivity contribution in [3.05, 3.63) is 42.2 Å². The highest BCUT2D eigenvalue weighted by molar-refractivity contribution is 5.95. The van der Waals surface area contributed by atoms with Gasteiger partial charge in [-0.1, -0.05) is 42.8 Å². The Labute approximate surface area is 100 Å². The lowest BCUT2D eigenvalue weighted by Crippen LogP contribution is -1.99. The standard InChI is InChI=1S/C14H15N3/c1-2-3-7-12-9-11-6-4-5-8-13(11)14-10-15-16-17(12)14/h4-6,8-10H,2-3,7H2,1H3. The van der Waals surface area contributed by atoms with E-state index in [-0.39, 0.29) is 0 Å². The molecule has 86 valence electrons. The van der Waals surface area contributed by atoms with Crippen molar-refractivity contribution in [1.82, 2.24) is 14.8 Å². The van der Waals surface area contributed by atoms with E-state index in [2.05, 4.69) is 47.6 Å². The van der Waals surface area contributed by atoms with Crippen LogP contribution in [0.2, 0.25) is 0 Å². The second kappa shape index (κ2) is 4.17. The first-order chi connectivity index (χ1) is 8.40. The summed E-state index contributed by atoms with van der Waals surface area (Å²) in [6, 6.07) is 10.6. The van der Waals surface area contributed by atoms with Crippen LogP contribution in [-0.2, 0) is 6.42 Å². The number of hydrogen-bond donors (Lipinski definition) is 0.